The number of benzene rings is 1. The van der Waals surface area contributed by atoms with Gasteiger partial charge in [-0.2, -0.15) is 0 Å². The summed E-state index contributed by atoms with van der Waals surface area (Å²) in [7, 11) is 3.01. The first-order chi connectivity index (χ1) is 8.42. The lowest BCUT2D eigenvalue weighted by Crippen LogP contribution is -2.42. The molecule has 1 aromatic carbocycles. The summed E-state index contributed by atoms with van der Waals surface area (Å²) < 4.78 is 32.2. The average Bonchev–Trinajstić information content (AvgIpc) is 2.31. The molecule has 0 heterocycles. The van der Waals surface area contributed by atoms with E-state index in [0.29, 0.717) is 6.54 Å². The SMILES string of the molecule is COc1cc(F)c(N(C)C(CN)C(C)C)cc1F. The molecule has 0 saturated carbocycles. The summed E-state index contributed by atoms with van der Waals surface area (Å²) in [4.78, 5) is 1.67. The van der Waals surface area contributed by atoms with Crippen LogP contribution in [0.4, 0.5) is 14.5 Å². The van der Waals surface area contributed by atoms with Gasteiger partial charge >= 0.3 is 0 Å². The van der Waals surface area contributed by atoms with Crippen molar-refractivity contribution >= 4 is 5.69 Å². The summed E-state index contributed by atoms with van der Waals surface area (Å²) in [6, 6.07) is 2.14. The van der Waals surface area contributed by atoms with E-state index in [1.165, 1.54) is 7.11 Å². The highest BCUT2D eigenvalue weighted by Crippen LogP contribution is 2.28. The minimum absolute atomic E-state index is 0.0488. The topological polar surface area (TPSA) is 38.5 Å². The fraction of sp³-hybridized carbons (Fsp3) is 0.538. The highest BCUT2D eigenvalue weighted by atomic mass is 19.1. The number of hydrogen-bond donors (Lipinski definition) is 1. The maximum atomic E-state index is 13.9. The molecule has 2 N–H and O–H groups in total. The Bertz CT molecular complexity index is 410. The lowest BCUT2D eigenvalue weighted by atomic mass is 10.0. The van der Waals surface area contributed by atoms with Gasteiger partial charge in [0.15, 0.2) is 11.6 Å². The Labute approximate surface area is 107 Å². The summed E-state index contributed by atoms with van der Waals surface area (Å²) in [5.41, 5.74) is 5.87. The average molecular weight is 258 g/mol. The van der Waals surface area contributed by atoms with Crippen molar-refractivity contribution in [2.45, 2.75) is 19.9 Å². The molecular weight excluding hydrogens is 238 g/mol. The van der Waals surface area contributed by atoms with Crippen molar-refractivity contribution in [2.75, 3.05) is 25.6 Å². The maximum Gasteiger partial charge on any atom is 0.167 e. The van der Waals surface area contributed by atoms with E-state index in [4.69, 9.17) is 10.5 Å². The van der Waals surface area contributed by atoms with Gasteiger partial charge in [-0.3, -0.25) is 0 Å². The Kier molecular flexibility index (Phi) is 4.90. The van der Waals surface area contributed by atoms with Crippen molar-refractivity contribution in [1.29, 1.82) is 0 Å². The lowest BCUT2D eigenvalue weighted by Gasteiger charge is -2.32. The van der Waals surface area contributed by atoms with Crippen LogP contribution in [0.15, 0.2) is 12.1 Å². The number of likely N-dealkylation sites (N-methyl/N-ethyl adjacent to an activating group) is 1. The quantitative estimate of drug-likeness (QED) is 0.881. The lowest BCUT2D eigenvalue weighted by molar-refractivity contribution is 0.382. The Balaban J connectivity index is 3.13. The van der Waals surface area contributed by atoms with E-state index < -0.39 is 11.6 Å². The fourth-order valence-corrected chi connectivity index (χ4v) is 2.00. The summed E-state index contributed by atoms with van der Waals surface area (Å²) in [6.45, 7) is 4.36. The van der Waals surface area contributed by atoms with Crippen molar-refractivity contribution in [2.24, 2.45) is 11.7 Å². The van der Waals surface area contributed by atoms with Crippen LogP contribution in [-0.4, -0.2) is 26.7 Å². The monoisotopic (exact) mass is 258 g/mol. The van der Waals surface area contributed by atoms with E-state index in [9.17, 15) is 8.78 Å². The van der Waals surface area contributed by atoms with Gasteiger partial charge in [0.1, 0.15) is 5.82 Å². The Morgan fingerprint density at radius 1 is 1.28 bits per heavy atom. The van der Waals surface area contributed by atoms with Crippen LogP contribution in [0.3, 0.4) is 0 Å². The van der Waals surface area contributed by atoms with Gasteiger partial charge in [-0.25, -0.2) is 8.78 Å². The second-order valence-corrected chi connectivity index (χ2v) is 4.60. The Morgan fingerprint density at radius 2 is 1.89 bits per heavy atom. The molecule has 0 spiro atoms. The number of nitrogens with two attached hydrogens (primary N) is 1. The zero-order chi connectivity index (χ0) is 13.9. The summed E-state index contributed by atoms with van der Waals surface area (Å²) in [5, 5.41) is 0. The molecule has 0 saturated heterocycles. The first kappa shape index (κ1) is 14.7. The molecule has 0 aromatic heterocycles. The Hall–Kier alpha value is -1.36. The van der Waals surface area contributed by atoms with Gasteiger partial charge in [-0.1, -0.05) is 13.8 Å². The molecule has 0 radical (unpaired) electrons. The third kappa shape index (κ3) is 2.90. The first-order valence-electron chi connectivity index (χ1n) is 5.88. The van der Waals surface area contributed by atoms with Gasteiger partial charge in [-0.15, -0.1) is 0 Å². The fourth-order valence-electron chi connectivity index (χ4n) is 2.00. The number of nitrogens with zero attached hydrogens (tertiary/aromatic N) is 1. The third-order valence-electron chi connectivity index (χ3n) is 3.11. The molecule has 0 aliphatic rings. The van der Waals surface area contributed by atoms with Crippen molar-refractivity contribution in [3.05, 3.63) is 23.8 Å². The second kappa shape index (κ2) is 6.00. The van der Waals surface area contributed by atoms with E-state index >= 15 is 0 Å². The molecule has 18 heavy (non-hydrogen) atoms. The van der Waals surface area contributed by atoms with Crippen LogP contribution in [0.5, 0.6) is 5.75 Å². The van der Waals surface area contributed by atoms with E-state index in [0.717, 1.165) is 12.1 Å². The minimum Gasteiger partial charge on any atom is -0.494 e. The molecule has 1 aromatic rings. The molecular formula is C13H20F2N2O. The van der Waals surface area contributed by atoms with Gasteiger partial charge in [-0.05, 0) is 5.92 Å². The van der Waals surface area contributed by atoms with Crippen LogP contribution in [0.2, 0.25) is 0 Å². The van der Waals surface area contributed by atoms with Gasteiger partial charge in [0.05, 0.1) is 12.8 Å². The molecule has 0 amide bonds. The molecule has 102 valence electrons. The van der Waals surface area contributed by atoms with Gasteiger partial charge in [0.25, 0.3) is 0 Å². The molecule has 0 aliphatic carbocycles. The van der Waals surface area contributed by atoms with Gasteiger partial charge in [0, 0.05) is 31.8 Å². The number of rotatable bonds is 5. The van der Waals surface area contributed by atoms with E-state index in [1.807, 2.05) is 13.8 Å². The normalized spacial score (nSPS) is 12.7. The molecule has 0 fully saturated rings. The summed E-state index contributed by atoms with van der Waals surface area (Å²) >= 11 is 0. The number of halogens is 2. The first-order valence-corrected chi connectivity index (χ1v) is 5.88. The van der Waals surface area contributed by atoms with Crippen LogP contribution < -0.4 is 15.4 Å². The molecule has 0 bridgehead atoms. The van der Waals surface area contributed by atoms with E-state index in [2.05, 4.69) is 0 Å². The second-order valence-electron chi connectivity index (χ2n) is 4.60. The molecule has 1 unspecified atom stereocenters. The van der Waals surface area contributed by atoms with Crippen LogP contribution >= 0.6 is 0 Å². The van der Waals surface area contributed by atoms with Crippen LogP contribution in [0, 0.1) is 17.6 Å². The number of ether oxygens (including phenoxy) is 1. The molecule has 5 heteroatoms. The zero-order valence-corrected chi connectivity index (χ0v) is 11.2. The highest BCUT2D eigenvalue weighted by Gasteiger charge is 2.21. The van der Waals surface area contributed by atoms with E-state index in [-0.39, 0.29) is 23.4 Å². The number of methoxy groups -OCH3 is 1. The number of hydrogen-bond acceptors (Lipinski definition) is 3. The number of anilines is 1. The largest absolute Gasteiger partial charge is 0.494 e. The van der Waals surface area contributed by atoms with Crippen LogP contribution in [-0.2, 0) is 0 Å². The van der Waals surface area contributed by atoms with Gasteiger partial charge < -0.3 is 15.4 Å². The molecule has 3 nitrogen and oxygen atoms in total. The predicted octanol–water partition coefficient (Wildman–Crippen LogP) is 2.39. The highest BCUT2D eigenvalue weighted by molar-refractivity contribution is 5.51. The molecule has 1 rings (SSSR count). The zero-order valence-electron chi connectivity index (χ0n) is 11.2. The summed E-state index contributed by atoms with van der Waals surface area (Å²) in [5.74, 6) is -0.960. The summed E-state index contributed by atoms with van der Waals surface area (Å²) in [6.07, 6.45) is 0. The van der Waals surface area contributed by atoms with Crippen molar-refractivity contribution in [3.63, 3.8) is 0 Å². The van der Waals surface area contributed by atoms with E-state index in [1.54, 1.807) is 11.9 Å². The standard InChI is InChI=1S/C13H20F2N2O/c1-8(2)12(7-16)17(3)11-5-10(15)13(18-4)6-9(11)14/h5-6,8,12H,7,16H2,1-4H3. The Morgan fingerprint density at radius 3 is 2.33 bits per heavy atom. The molecule has 0 aliphatic heterocycles. The van der Waals surface area contributed by atoms with Crippen molar-refractivity contribution in [1.82, 2.24) is 0 Å². The van der Waals surface area contributed by atoms with Crippen LogP contribution in [0.1, 0.15) is 13.8 Å². The smallest absolute Gasteiger partial charge is 0.167 e. The minimum atomic E-state index is -0.583. The maximum absolute atomic E-state index is 13.9. The van der Waals surface area contributed by atoms with Crippen molar-refractivity contribution in [3.8, 4) is 5.75 Å². The van der Waals surface area contributed by atoms with Crippen LogP contribution in [0.25, 0.3) is 0 Å². The molecule has 1 atom stereocenters. The predicted molar refractivity (Wildman–Crippen MR) is 69.0 cm³/mol. The van der Waals surface area contributed by atoms with Gasteiger partial charge in [0.2, 0.25) is 0 Å². The third-order valence-corrected chi connectivity index (χ3v) is 3.11. The van der Waals surface area contributed by atoms with Crippen molar-refractivity contribution < 1.29 is 13.5 Å².